The number of aromatic nitrogens is 1. The SMILES string of the molecule is CCCNCc1cnc(-c2ccc(OC)c(OCC)c2)s1. The van der Waals surface area contributed by atoms with E-state index in [1.165, 1.54) is 4.88 Å². The number of ether oxygens (including phenoxy) is 2. The molecule has 0 amide bonds. The normalized spacial score (nSPS) is 10.6. The molecule has 0 unspecified atom stereocenters. The average Bonchev–Trinajstić information content (AvgIpc) is 2.97. The Morgan fingerprint density at radius 2 is 2.10 bits per heavy atom. The fourth-order valence-electron chi connectivity index (χ4n) is 1.99. The van der Waals surface area contributed by atoms with Crippen LogP contribution in [0.25, 0.3) is 10.6 Å². The summed E-state index contributed by atoms with van der Waals surface area (Å²) in [6.07, 6.45) is 3.08. The molecule has 2 rings (SSSR count). The minimum absolute atomic E-state index is 0.615. The van der Waals surface area contributed by atoms with Crippen molar-refractivity contribution in [3.8, 4) is 22.1 Å². The van der Waals surface area contributed by atoms with Gasteiger partial charge in [0.2, 0.25) is 0 Å². The standard InChI is InChI=1S/C16H22N2O2S/c1-4-8-17-10-13-11-18-16(21-13)12-6-7-14(19-3)15(9-12)20-5-2/h6-7,9,11,17H,4-5,8,10H2,1-3H3. The van der Waals surface area contributed by atoms with Crippen molar-refractivity contribution in [1.29, 1.82) is 0 Å². The van der Waals surface area contributed by atoms with Crippen molar-refractivity contribution in [2.75, 3.05) is 20.3 Å². The lowest BCUT2D eigenvalue weighted by Gasteiger charge is -2.10. The van der Waals surface area contributed by atoms with Crippen LogP contribution >= 0.6 is 11.3 Å². The number of methoxy groups -OCH3 is 1. The summed E-state index contributed by atoms with van der Waals surface area (Å²) in [7, 11) is 1.65. The molecule has 0 aliphatic heterocycles. The summed E-state index contributed by atoms with van der Waals surface area (Å²) in [4.78, 5) is 5.75. The molecule has 0 saturated carbocycles. The molecule has 1 heterocycles. The summed E-state index contributed by atoms with van der Waals surface area (Å²) < 4.78 is 10.9. The summed E-state index contributed by atoms with van der Waals surface area (Å²) in [6, 6.07) is 5.94. The predicted molar refractivity (Wildman–Crippen MR) is 87.3 cm³/mol. The van der Waals surface area contributed by atoms with Crippen molar-refractivity contribution in [3.63, 3.8) is 0 Å². The topological polar surface area (TPSA) is 43.4 Å². The Morgan fingerprint density at radius 1 is 1.24 bits per heavy atom. The molecule has 0 radical (unpaired) electrons. The second kappa shape index (κ2) is 8.00. The Balaban J connectivity index is 2.15. The zero-order chi connectivity index (χ0) is 15.1. The maximum absolute atomic E-state index is 5.62. The van der Waals surface area contributed by atoms with Crippen LogP contribution in [0.1, 0.15) is 25.1 Å². The number of hydrogen-bond acceptors (Lipinski definition) is 5. The molecule has 0 aliphatic carbocycles. The Kier molecular flexibility index (Phi) is 6.02. The van der Waals surface area contributed by atoms with Gasteiger partial charge in [-0.05, 0) is 38.1 Å². The quantitative estimate of drug-likeness (QED) is 0.755. The first-order valence-electron chi connectivity index (χ1n) is 7.25. The maximum Gasteiger partial charge on any atom is 0.161 e. The van der Waals surface area contributed by atoms with Crippen LogP contribution in [-0.2, 0) is 6.54 Å². The molecule has 4 nitrogen and oxygen atoms in total. The lowest BCUT2D eigenvalue weighted by Crippen LogP contribution is -2.12. The van der Waals surface area contributed by atoms with Gasteiger partial charge in [-0.1, -0.05) is 6.92 Å². The highest BCUT2D eigenvalue weighted by Gasteiger charge is 2.10. The van der Waals surface area contributed by atoms with Gasteiger partial charge in [-0.3, -0.25) is 0 Å². The van der Waals surface area contributed by atoms with Crippen molar-refractivity contribution in [2.24, 2.45) is 0 Å². The van der Waals surface area contributed by atoms with E-state index in [-0.39, 0.29) is 0 Å². The number of rotatable bonds is 8. The maximum atomic E-state index is 5.62. The van der Waals surface area contributed by atoms with Crippen LogP contribution in [-0.4, -0.2) is 25.2 Å². The first kappa shape index (κ1) is 15.8. The number of nitrogens with zero attached hydrogens (tertiary/aromatic N) is 1. The van der Waals surface area contributed by atoms with Gasteiger partial charge in [-0.2, -0.15) is 0 Å². The smallest absolute Gasteiger partial charge is 0.161 e. The molecule has 0 fully saturated rings. The minimum atomic E-state index is 0.615. The van der Waals surface area contributed by atoms with E-state index in [2.05, 4.69) is 17.2 Å². The summed E-state index contributed by atoms with van der Waals surface area (Å²) >= 11 is 1.71. The number of thiazole rings is 1. The summed E-state index contributed by atoms with van der Waals surface area (Å²) in [5.41, 5.74) is 1.06. The van der Waals surface area contributed by atoms with E-state index in [4.69, 9.17) is 9.47 Å². The Labute approximate surface area is 130 Å². The molecule has 21 heavy (non-hydrogen) atoms. The van der Waals surface area contributed by atoms with Gasteiger partial charge in [0, 0.05) is 23.2 Å². The van der Waals surface area contributed by atoms with Crippen LogP contribution in [0.4, 0.5) is 0 Å². The summed E-state index contributed by atoms with van der Waals surface area (Å²) in [6.45, 7) is 6.65. The highest BCUT2D eigenvalue weighted by atomic mass is 32.1. The molecule has 1 aromatic carbocycles. The third-order valence-electron chi connectivity index (χ3n) is 2.99. The minimum Gasteiger partial charge on any atom is -0.493 e. The Bertz CT molecular complexity index is 569. The highest BCUT2D eigenvalue weighted by Crippen LogP contribution is 2.34. The molecular formula is C16H22N2O2S. The number of benzene rings is 1. The molecule has 0 saturated heterocycles. The third kappa shape index (κ3) is 4.19. The first-order chi connectivity index (χ1) is 10.3. The fraction of sp³-hybridized carbons (Fsp3) is 0.438. The van der Waals surface area contributed by atoms with E-state index in [0.29, 0.717) is 6.61 Å². The molecule has 114 valence electrons. The zero-order valence-electron chi connectivity index (χ0n) is 12.8. The summed E-state index contributed by atoms with van der Waals surface area (Å²) in [5.74, 6) is 1.51. The molecular weight excluding hydrogens is 284 g/mol. The molecule has 5 heteroatoms. The van der Waals surface area contributed by atoms with E-state index in [0.717, 1.165) is 41.6 Å². The zero-order valence-corrected chi connectivity index (χ0v) is 13.6. The largest absolute Gasteiger partial charge is 0.493 e. The molecule has 0 atom stereocenters. The third-order valence-corrected chi connectivity index (χ3v) is 4.04. The van der Waals surface area contributed by atoms with Crippen molar-refractivity contribution in [2.45, 2.75) is 26.8 Å². The number of hydrogen-bond donors (Lipinski definition) is 1. The van der Waals surface area contributed by atoms with Gasteiger partial charge in [0.25, 0.3) is 0 Å². The molecule has 0 aliphatic rings. The van der Waals surface area contributed by atoms with E-state index in [1.807, 2.05) is 31.3 Å². The van der Waals surface area contributed by atoms with Gasteiger partial charge in [-0.25, -0.2) is 4.98 Å². The average molecular weight is 306 g/mol. The Morgan fingerprint density at radius 3 is 2.81 bits per heavy atom. The van der Waals surface area contributed by atoms with Crippen molar-refractivity contribution < 1.29 is 9.47 Å². The van der Waals surface area contributed by atoms with Gasteiger partial charge in [0.1, 0.15) is 5.01 Å². The van der Waals surface area contributed by atoms with Crippen LogP contribution < -0.4 is 14.8 Å². The van der Waals surface area contributed by atoms with Gasteiger partial charge in [-0.15, -0.1) is 11.3 Å². The lowest BCUT2D eigenvalue weighted by molar-refractivity contribution is 0.311. The van der Waals surface area contributed by atoms with Crippen molar-refractivity contribution in [1.82, 2.24) is 10.3 Å². The van der Waals surface area contributed by atoms with Crippen molar-refractivity contribution in [3.05, 3.63) is 29.3 Å². The van der Waals surface area contributed by atoms with E-state index in [9.17, 15) is 0 Å². The summed E-state index contributed by atoms with van der Waals surface area (Å²) in [5, 5.41) is 4.40. The van der Waals surface area contributed by atoms with Crippen LogP contribution in [0, 0.1) is 0 Å². The molecule has 0 spiro atoms. The first-order valence-corrected chi connectivity index (χ1v) is 8.06. The molecule has 1 N–H and O–H groups in total. The lowest BCUT2D eigenvalue weighted by atomic mass is 10.2. The second-order valence-corrected chi connectivity index (χ2v) is 5.72. The van der Waals surface area contributed by atoms with E-state index < -0.39 is 0 Å². The van der Waals surface area contributed by atoms with E-state index in [1.54, 1.807) is 18.4 Å². The van der Waals surface area contributed by atoms with Crippen LogP contribution in [0.3, 0.4) is 0 Å². The Hall–Kier alpha value is -1.59. The van der Waals surface area contributed by atoms with Gasteiger partial charge in [0.15, 0.2) is 11.5 Å². The molecule has 2 aromatic rings. The molecule has 1 aromatic heterocycles. The van der Waals surface area contributed by atoms with Gasteiger partial charge >= 0.3 is 0 Å². The van der Waals surface area contributed by atoms with Crippen molar-refractivity contribution >= 4 is 11.3 Å². The van der Waals surface area contributed by atoms with E-state index >= 15 is 0 Å². The highest BCUT2D eigenvalue weighted by molar-refractivity contribution is 7.15. The monoisotopic (exact) mass is 306 g/mol. The van der Waals surface area contributed by atoms with Crippen LogP contribution in [0.2, 0.25) is 0 Å². The van der Waals surface area contributed by atoms with Gasteiger partial charge < -0.3 is 14.8 Å². The van der Waals surface area contributed by atoms with Crippen LogP contribution in [0.15, 0.2) is 24.4 Å². The van der Waals surface area contributed by atoms with Crippen LogP contribution in [0.5, 0.6) is 11.5 Å². The fourth-order valence-corrected chi connectivity index (χ4v) is 2.87. The second-order valence-electron chi connectivity index (χ2n) is 4.61. The predicted octanol–water partition coefficient (Wildman–Crippen LogP) is 3.72. The number of nitrogens with one attached hydrogen (secondary N) is 1. The molecule has 0 bridgehead atoms. The van der Waals surface area contributed by atoms with Gasteiger partial charge in [0.05, 0.1) is 13.7 Å².